The van der Waals surface area contributed by atoms with Gasteiger partial charge in [0.25, 0.3) is 0 Å². The SMILES string of the molecule is CCn1c(SCC(=O)NCc2ccco2)nnc1-c1ccccc1O. The average Bonchev–Trinajstić information content (AvgIpc) is 3.28. The summed E-state index contributed by atoms with van der Waals surface area (Å²) in [6.07, 6.45) is 1.57. The van der Waals surface area contributed by atoms with E-state index in [2.05, 4.69) is 15.5 Å². The van der Waals surface area contributed by atoms with Gasteiger partial charge in [0, 0.05) is 6.54 Å². The van der Waals surface area contributed by atoms with Crippen LogP contribution in [0.4, 0.5) is 0 Å². The van der Waals surface area contributed by atoms with E-state index in [9.17, 15) is 9.90 Å². The van der Waals surface area contributed by atoms with E-state index in [1.165, 1.54) is 11.8 Å². The lowest BCUT2D eigenvalue weighted by molar-refractivity contribution is -0.118. The number of rotatable bonds is 7. The van der Waals surface area contributed by atoms with Crippen LogP contribution in [0.5, 0.6) is 5.75 Å². The summed E-state index contributed by atoms with van der Waals surface area (Å²) in [5, 5.41) is 21.8. The fourth-order valence-corrected chi connectivity index (χ4v) is 3.15. The van der Waals surface area contributed by atoms with E-state index >= 15 is 0 Å². The third kappa shape index (κ3) is 4.03. The smallest absolute Gasteiger partial charge is 0.230 e. The maximum atomic E-state index is 12.0. The second kappa shape index (κ2) is 7.89. The molecule has 3 aromatic rings. The fraction of sp³-hybridized carbons (Fsp3) is 0.235. The van der Waals surface area contributed by atoms with E-state index in [4.69, 9.17) is 4.42 Å². The van der Waals surface area contributed by atoms with Gasteiger partial charge < -0.3 is 19.4 Å². The second-order valence-electron chi connectivity index (χ2n) is 5.21. The van der Waals surface area contributed by atoms with Crippen LogP contribution in [0.1, 0.15) is 12.7 Å². The highest BCUT2D eigenvalue weighted by molar-refractivity contribution is 7.99. The summed E-state index contributed by atoms with van der Waals surface area (Å²) in [4.78, 5) is 12.0. The summed E-state index contributed by atoms with van der Waals surface area (Å²) in [5.41, 5.74) is 0.617. The number of phenolic OH excluding ortho intramolecular Hbond substituents is 1. The molecule has 0 unspecified atom stereocenters. The Morgan fingerprint density at radius 2 is 2.12 bits per heavy atom. The summed E-state index contributed by atoms with van der Waals surface area (Å²) in [6.45, 7) is 2.96. The summed E-state index contributed by atoms with van der Waals surface area (Å²) < 4.78 is 7.05. The first kappa shape index (κ1) is 17.1. The molecule has 2 N–H and O–H groups in total. The Labute approximate surface area is 149 Å². The van der Waals surface area contributed by atoms with Gasteiger partial charge in [0.1, 0.15) is 11.5 Å². The molecule has 7 nitrogen and oxygen atoms in total. The lowest BCUT2D eigenvalue weighted by atomic mass is 10.2. The largest absolute Gasteiger partial charge is 0.507 e. The van der Waals surface area contributed by atoms with Crippen LogP contribution in [-0.4, -0.2) is 31.5 Å². The van der Waals surface area contributed by atoms with Crippen molar-refractivity contribution in [3.05, 3.63) is 48.4 Å². The molecule has 0 saturated carbocycles. The number of benzene rings is 1. The van der Waals surface area contributed by atoms with Crippen molar-refractivity contribution in [3.8, 4) is 17.1 Å². The van der Waals surface area contributed by atoms with Gasteiger partial charge in [-0.3, -0.25) is 4.79 Å². The van der Waals surface area contributed by atoms with E-state index in [1.54, 1.807) is 36.6 Å². The second-order valence-corrected chi connectivity index (χ2v) is 6.15. The highest BCUT2D eigenvalue weighted by Crippen LogP contribution is 2.29. The van der Waals surface area contributed by atoms with Gasteiger partial charge in [-0.1, -0.05) is 23.9 Å². The monoisotopic (exact) mass is 358 g/mol. The molecular weight excluding hydrogens is 340 g/mol. The zero-order valence-electron chi connectivity index (χ0n) is 13.7. The normalized spacial score (nSPS) is 10.8. The number of thioether (sulfide) groups is 1. The average molecular weight is 358 g/mol. The molecule has 0 spiro atoms. The van der Waals surface area contributed by atoms with E-state index in [1.807, 2.05) is 17.6 Å². The minimum absolute atomic E-state index is 0.115. The van der Waals surface area contributed by atoms with E-state index in [0.29, 0.717) is 35.4 Å². The molecule has 0 fully saturated rings. The van der Waals surface area contributed by atoms with Gasteiger partial charge in [-0.15, -0.1) is 10.2 Å². The first-order valence-corrected chi connectivity index (χ1v) is 8.81. The van der Waals surface area contributed by atoms with Gasteiger partial charge in [-0.25, -0.2) is 0 Å². The number of furan rings is 1. The van der Waals surface area contributed by atoms with Crippen molar-refractivity contribution >= 4 is 17.7 Å². The van der Waals surface area contributed by atoms with Crippen LogP contribution in [0.2, 0.25) is 0 Å². The molecule has 25 heavy (non-hydrogen) atoms. The van der Waals surface area contributed by atoms with E-state index in [0.717, 1.165) is 0 Å². The number of carbonyl (C=O) groups is 1. The Morgan fingerprint density at radius 3 is 2.84 bits per heavy atom. The molecule has 130 valence electrons. The molecule has 0 aliphatic heterocycles. The Morgan fingerprint density at radius 1 is 1.28 bits per heavy atom. The molecular formula is C17H18N4O3S. The zero-order chi connectivity index (χ0) is 17.6. The summed E-state index contributed by atoms with van der Waals surface area (Å²) in [7, 11) is 0. The Balaban J connectivity index is 1.65. The first-order valence-electron chi connectivity index (χ1n) is 7.82. The predicted octanol–water partition coefficient (Wildman–Crippen LogP) is 2.67. The predicted molar refractivity (Wildman–Crippen MR) is 94.1 cm³/mol. The minimum atomic E-state index is -0.115. The highest BCUT2D eigenvalue weighted by atomic mass is 32.2. The van der Waals surface area contributed by atoms with Crippen LogP contribution in [0.3, 0.4) is 0 Å². The van der Waals surface area contributed by atoms with Crippen LogP contribution in [0.15, 0.2) is 52.2 Å². The van der Waals surface area contributed by atoms with Crippen LogP contribution < -0.4 is 5.32 Å². The number of nitrogens with one attached hydrogen (secondary N) is 1. The summed E-state index contributed by atoms with van der Waals surface area (Å²) in [6, 6.07) is 10.6. The van der Waals surface area contributed by atoms with E-state index < -0.39 is 0 Å². The zero-order valence-corrected chi connectivity index (χ0v) is 14.5. The number of hydrogen-bond acceptors (Lipinski definition) is 6. The van der Waals surface area contributed by atoms with Crippen LogP contribution in [0.25, 0.3) is 11.4 Å². The number of para-hydroxylation sites is 1. The third-order valence-corrected chi connectivity index (χ3v) is 4.52. The van der Waals surface area contributed by atoms with E-state index in [-0.39, 0.29) is 17.4 Å². The number of phenols is 1. The molecule has 3 rings (SSSR count). The lowest BCUT2D eigenvalue weighted by Gasteiger charge is -2.08. The van der Waals surface area contributed by atoms with Crippen molar-refractivity contribution in [2.45, 2.75) is 25.2 Å². The number of aromatic nitrogens is 3. The quantitative estimate of drug-likeness (QED) is 0.631. The number of amides is 1. The Bertz CT molecular complexity index is 845. The van der Waals surface area contributed by atoms with Gasteiger partial charge in [-0.2, -0.15) is 0 Å². The molecule has 0 radical (unpaired) electrons. The van der Waals surface area contributed by atoms with Crippen LogP contribution in [0, 0.1) is 0 Å². The summed E-state index contributed by atoms with van der Waals surface area (Å²) in [5.74, 6) is 1.55. The molecule has 0 aliphatic carbocycles. The van der Waals surface area contributed by atoms with Gasteiger partial charge >= 0.3 is 0 Å². The van der Waals surface area contributed by atoms with Crippen molar-refractivity contribution in [1.29, 1.82) is 0 Å². The minimum Gasteiger partial charge on any atom is -0.507 e. The highest BCUT2D eigenvalue weighted by Gasteiger charge is 2.16. The Kier molecular flexibility index (Phi) is 5.39. The van der Waals surface area contributed by atoms with Gasteiger partial charge in [0.05, 0.1) is 24.1 Å². The van der Waals surface area contributed by atoms with Gasteiger partial charge in [-0.05, 0) is 31.2 Å². The molecule has 0 saturated heterocycles. The molecule has 1 amide bonds. The topological polar surface area (TPSA) is 93.2 Å². The molecule has 1 aromatic carbocycles. The molecule has 2 heterocycles. The molecule has 8 heteroatoms. The molecule has 2 aromatic heterocycles. The lowest BCUT2D eigenvalue weighted by Crippen LogP contribution is -2.24. The number of aromatic hydroxyl groups is 1. The number of carbonyl (C=O) groups excluding carboxylic acids is 1. The maximum Gasteiger partial charge on any atom is 0.230 e. The van der Waals surface area contributed by atoms with Crippen molar-refractivity contribution < 1.29 is 14.3 Å². The molecule has 0 aliphatic rings. The molecule has 0 bridgehead atoms. The first-order chi connectivity index (χ1) is 12.2. The van der Waals surface area contributed by atoms with Crippen LogP contribution >= 0.6 is 11.8 Å². The van der Waals surface area contributed by atoms with Crippen LogP contribution in [-0.2, 0) is 17.9 Å². The van der Waals surface area contributed by atoms with Gasteiger partial charge in [0.15, 0.2) is 11.0 Å². The third-order valence-electron chi connectivity index (χ3n) is 3.55. The number of hydrogen-bond donors (Lipinski definition) is 2. The van der Waals surface area contributed by atoms with Crippen molar-refractivity contribution in [2.24, 2.45) is 0 Å². The Hall–Kier alpha value is -2.74. The van der Waals surface area contributed by atoms with Crippen molar-refractivity contribution in [1.82, 2.24) is 20.1 Å². The molecule has 0 atom stereocenters. The van der Waals surface area contributed by atoms with Gasteiger partial charge in [0.2, 0.25) is 5.91 Å². The van der Waals surface area contributed by atoms with Crippen molar-refractivity contribution in [2.75, 3.05) is 5.75 Å². The summed E-state index contributed by atoms with van der Waals surface area (Å²) >= 11 is 1.30. The van der Waals surface area contributed by atoms with Crippen molar-refractivity contribution in [3.63, 3.8) is 0 Å². The number of nitrogens with zero attached hydrogens (tertiary/aromatic N) is 3. The standard InChI is InChI=1S/C17H18N4O3S/c1-2-21-16(13-7-3-4-8-14(13)22)19-20-17(21)25-11-15(23)18-10-12-6-5-9-24-12/h3-9,22H,2,10-11H2,1H3,(H,18,23). The maximum absolute atomic E-state index is 12.0. The fourth-order valence-electron chi connectivity index (χ4n) is 2.32.